The molecule has 2 heterocycles. The zero-order chi connectivity index (χ0) is 17.3. The van der Waals surface area contributed by atoms with Gasteiger partial charge in [-0.3, -0.25) is 14.3 Å². The molecule has 0 atom stereocenters. The van der Waals surface area contributed by atoms with Crippen LogP contribution in [0.5, 0.6) is 0 Å². The zero-order valence-corrected chi connectivity index (χ0v) is 13.9. The average Bonchev–Trinajstić information content (AvgIpc) is 2.85. The number of imidazole rings is 1. The van der Waals surface area contributed by atoms with Gasteiger partial charge in [0.15, 0.2) is 11.2 Å². The first-order valence-corrected chi connectivity index (χ1v) is 7.95. The van der Waals surface area contributed by atoms with E-state index in [0.717, 1.165) is 15.7 Å². The fourth-order valence-electron chi connectivity index (χ4n) is 2.65. The maximum atomic E-state index is 12.7. The van der Waals surface area contributed by atoms with E-state index in [4.69, 9.17) is 16.7 Å². The fourth-order valence-corrected chi connectivity index (χ4v) is 2.88. The lowest BCUT2D eigenvalue weighted by Crippen LogP contribution is -2.36. The van der Waals surface area contributed by atoms with Crippen molar-refractivity contribution >= 4 is 22.8 Å². The van der Waals surface area contributed by atoms with Crippen LogP contribution in [0, 0.1) is 6.92 Å². The zero-order valence-electron chi connectivity index (χ0n) is 13.1. The summed E-state index contributed by atoms with van der Waals surface area (Å²) in [5.74, 6) is 0. The Morgan fingerprint density at radius 3 is 2.71 bits per heavy atom. The van der Waals surface area contributed by atoms with Gasteiger partial charge in [0.25, 0.3) is 5.56 Å². The monoisotopic (exact) mass is 348 g/mol. The summed E-state index contributed by atoms with van der Waals surface area (Å²) in [5.41, 5.74) is 1.48. The van der Waals surface area contributed by atoms with Gasteiger partial charge in [0.2, 0.25) is 5.28 Å². The van der Waals surface area contributed by atoms with Crippen molar-refractivity contribution in [2.24, 2.45) is 0 Å². The summed E-state index contributed by atoms with van der Waals surface area (Å²) in [6.07, 6.45) is 0.314. The molecule has 126 valence electrons. The number of nitrogens with zero attached hydrogens (tertiary/aromatic N) is 3. The molecule has 0 saturated carbocycles. The summed E-state index contributed by atoms with van der Waals surface area (Å²) in [6.45, 7) is 2.38. The number of aliphatic hydroxyl groups is 1. The summed E-state index contributed by atoms with van der Waals surface area (Å²) in [5, 5.41) is 9.08. The van der Waals surface area contributed by atoms with E-state index in [9.17, 15) is 9.59 Å². The highest BCUT2D eigenvalue weighted by molar-refractivity contribution is 6.29. The smallest absolute Gasteiger partial charge is 0.330 e. The summed E-state index contributed by atoms with van der Waals surface area (Å²) >= 11 is 6.19. The van der Waals surface area contributed by atoms with Gasteiger partial charge in [0.05, 0.1) is 6.54 Å². The van der Waals surface area contributed by atoms with Crippen LogP contribution in [-0.4, -0.2) is 30.8 Å². The molecule has 24 heavy (non-hydrogen) atoms. The van der Waals surface area contributed by atoms with Gasteiger partial charge in [-0.1, -0.05) is 24.3 Å². The van der Waals surface area contributed by atoms with Crippen molar-refractivity contribution in [1.29, 1.82) is 0 Å². The molecule has 7 nitrogen and oxygen atoms in total. The number of benzene rings is 1. The van der Waals surface area contributed by atoms with E-state index in [1.54, 1.807) is 4.57 Å². The molecule has 8 heteroatoms. The fraction of sp³-hybridized carbons (Fsp3) is 0.312. The topological polar surface area (TPSA) is 92.9 Å². The Kier molecular flexibility index (Phi) is 4.55. The lowest BCUT2D eigenvalue weighted by molar-refractivity contribution is 0.278. The van der Waals surface area contributed by atoms with E-state index in [2.05, 4.69) is 9.97 Å². The molecule has 1 aromatic carbocycles. The molecule has 0 fully saturated rings. The van der Waals surface area contributed by atoms with Gasteiger partial charge < -0.3 is 9.67 Å². The number of H-pyrrole nitrogens is 1. The second kappa shape index (κ2) is 6.62. The molecule has 0 aliphatic carbocycles. The minimum Gasteiger partial charge on any atom is -0.396 e. The van der Waals surface area contributed by atoms with Gasteiger partial charge >= 0.3 is 5.69 Å². The third-order valence-corrected chi connectivity index (χ3v) is 4.26. The van der Waals surface area contributed by atoms with E-state index >= 15 is 0 Å². The van der Waals surface area contributed by atoms with Crippen molar-refractivity contribution in [2.45, 2.75) is 26.4 Å². The number of aryl methyl sites for hydroxylation is 1. The van der Waals surface area contributed by atoms with E-state index < -0.39 is 11.2 Å². The number of fused-ring (bicyclic) bond motifs is 1. The summed E-state index contributed by atoms with van der Waals surface area (Å²) < 4.78 is 2.65. The Bertz CT molecular complexity index is 1000. The minimum atomic E-state index is -0.557. The first-order valence-electron chi connectivity index (χ1n) is 7.57. The maximum Gasteiger partial charge on any atom is 0.330 e. The van der Waals surface area contributed by atoms with Gasteiger partial charge in [0, 0.05) is 13.2 Å². The van der Waals surface area contributed by atoms with Crippen LogP contribution in [0.3, 0.4) is 0 Å². The molecule has 0 bridgehead atoms. The van der Waals surface area contributed by atoms with Crippen LogP contribution >= 0.6 is 11.6 Å². The Hall–Kier alpha value is -2.38. The Labute approximate surface area is 142 Å². The summed E-state index contributed by atoms with van der Waals surface area (Å²) in [4.78, 5) is 31.4. The number of hydrogen-bond acceptors (Lipinski definition) is 4. The van der Waals surface area contributed by atoms with Crippen LogP contribution in [0.15, 0.2) is 33.9 Å². The second-order valence-corrected chi connectivity index (χ2v) is 5.89. The summed E-state index contributed by atoms with van der Waals surface area (Å²) in [6, 6.07) is 7.78. The molecule has 0 radical (unpaired) electrons. The maximum absolute atomic E-state index is 12.7. The van der Waals surface area contributed by atoms with E-state index in [1.807, 2.05) is 31.2 Å². The molecule has 0 spiro atoms. The Morgan fingerprint density at radius 2 is 2.00 bits per heavy atom. The van der Waals surface area contributed by atoms with Gasteiger partial charge in [-0.2, -0.15) is 4.98 Å². The van der Waals surface area contributed by atoms with Crippen LogP contribution < -0.4 is 11.2 Å². The molecule has 0 aliphatic heterocycles. The highest BCUT2D eigenvalue weighted by Crippen LogP contribution is 2.18. The molecule has 3 aromatic rings. The average molecular weight is 349 g/mol. The third-order valence-electron chi connectivity index (χ3n) is 3.97. The Balaban J connectivity index is 2.18. The van der Waals surface area contributed by atoms with Crippen LogP contribution in [0.4, 0.5) is 0 Å². The molecular weight excluding hydrogens is 332 g/mol. The molecule has 0 saturated heterocycles. The van der Waals surface area contributed by atoms with Gasteiger partial charge in [-0.15, -0.1) is 0 Å². The molecule has 3 rings (SSSR count). The predicted molar refractivity (Wildman–Crippen MR) is 91.6 cm³/mol. The first kappa shape index (κ1) is 16.5. The Morgan fingerprint density at radius 1 is 1.25 bits per heavy atom. The highest BCUT2D eigenvalue weighted by atomic mass is 35.5. The normalized spacial score (nSPS) is 11.3. The lowest BCUT2D eigenvalue weighted by atomic mass is 10.1. The standard InChI is InChI=1S/C16H17ClN4O3/c1-10-5-2-3-6-11(10)9-21-12-13(18-15(21)17)19-16(24)20(14(12)23)7-4-8-22/h2-3,5-6,22H,4,7-9H2,1H3,(H,19,24). The second-order valence-electron chi connectivity index (χ2n) is 5.55. The SMILES string of the molecule is Cc1ccccc1Cn1c(Cl)nc2[nH]c(=O)n(CCCO)c(=O)c21. The number of aromatic amines is 1. The van der Waals surface area contributed by atoms with Crippen molar-refractivity contribution in [3.63, 3.8) is 0 Å². The molecule has 0 unspecified atom stereocenters. The molecule has 0 amide bonds. The number of halogens is 1. The van der Waals surface area contributed by atoms with E-state index in [1.165, 1.54) is 0 Å². The number of rotatable bonds is 5. The number of aliphatic hydroxyl groups excluding tert-OH is 1. The minimum absolute atomic E-state index is 0.104. The third kappa shape index (κ3) is 2.88. The van der Waals surface area contributed by atoms with Crippen molar-refractivity contribution in [1.82, 2.24) is 19.1 Å². The lowest BCUT2D eigenvalue weighted by Gasteiger charge is -2.09. The largest absolute Gasteiger partial charge is 0.396 e. The molecule has 2 aromatic heterocycles. The van der Waals surface area contributed by atoms with Gasteiger partial charge in [-0.05, 0) is 36.1 Å². The number of hydrogen-bond donors (Lipinski definition) is 2. The molecule has 2 N–H and O–H groups in total. The van der Waals surface area contributed by atoms with Gasteiger partial charge in [-0.25, -0.2) is 4.79 Å². The number of aromatic nitrogens is 4. The summed E-state index contributed by atoms with van der Waals surface area (Å²) in [7, 11) is 0. The van der Waals surface area contributed by atoms with E-state index in [0.29, 0.717) is 13.0 Å². The predicted octanol–water partition coefficient (Wildman–Crippen LogP) is 1.28. The van der Waals surface area contributed by atoms with Crippen LogP contribution in [0.1, 0.15) is 17.5 Å². The van der Waals surface area contributed by atoms with E-state index in [-0.39, 0.29) is 29.6 Å². The first-order chi connectivity index (χ1) is 11.5. The van der Waals surface area contributed by atoms with Crippen molar-refractivity contribution < 1.29 is 5.11 Å². The van der Waals surface area contributed by atoms with Crippen molar-refractivity contribution in [2.75, 3.05) is 6.61 Å². The quantitative estimate of drug-likeness (QED) is 0.679. The van der Waals surface area contributed by atoms with Crippen LogP contribution in [0.2, 0.25) is 5.28 Å². The van der Waals surface area contributed by atoms with Crippen molar-refractivity contribution in [3.05, 3.63) is 61.5 Å². The number of nitrogens with one attached hydrogen (secondary N) is 1. The highest BCUT2D eigenvalue weighted by Gasteiger charge is 2.17. The van der Waals surface area contributed by atoms with Crippen LogP contribution in [0.25, 0.3) is 11.2 Å². The van der Waals surface area contributed by atoms with Crippen molar-refractivity contribution in [3.8, 4) is 0 Å². The molecular formula is C16H17ClN4O3. The van der Waals surface area contributed by atoms with Gasteiger partial charge in [0.1, 0.15) is 0 Å². The molecule has 0 aliphatic rings. The van der Waals surface area contributed by atoms with Crippen LogP contribution in [-0.2, 0) is 13.1 Å².